The van der Waals surface area contributed by atoms with Gasteiger partial charge < -0.3 is 10.2 Å². The normalized spacial score (nSPS) is 30.8. The van der Waals surface area contributed by atoms with E-state index in [0.717, 1.165) is 18.5 Å². The third-order valence-electron chi connectivity index (χ3n) is 4.29. The Hall–Kier alpha value is -0.800. The summed E-state index contributed by atoms with van der Waals surface area (Å²) in [5.74, 6) is -0.243. The number of hydrogen-bond acceptors (Lipinski definition) is 2. The van der Waals surface area contributed by atoms with Crippen molar-refractivity contribution in [2.45, 2.75) is 43.8 Å². The zero-order chi connectivity index (χ0) is 12.7. The van der Waals surface area contributed by atoms with Gasteiger partial charge in [0, 0.05) is 28.8 Å². The average molecular weight is 269 g/mol. The van der Waals surface area contributed by atoms with E-state index in [1.807, 2.05) is 13.1 Å². The fraction of sp³-hybridized carbons (Fsp3) is 0.571. The second-order valence-electron chi connectivity index (χ2n) is 5.38. The summed E-state index contributed by atoms with van der Waals surface area (Å²) in [6.07, 6.45) is 4.69. The van der Waals surface area contributed by atoms with E-state index >= 15 is 0 Å². The summed E-state index contributed by atoms with van der Waals surface area (Å²) in [6.45, 7) is 0. The highest BCUT2D eigenvalue weighted by Crippen LogP contribution is 2.40. The maximum Gasteiger partial charge on any atom is 0.126 e. The van der Waals surface area contributed by atoms with Crippen LogP contribution in [0.4, 0.5) is 10.1 Å². The fourth-order valence-electron chi connectivity index (χ4n) is 3.52. The summed E-state index contributed by atoms with van der Waals surface area (Å²) < 4.78 is 13.5. The van der Waals surface area contributed by atoms with E-state index in [-0.39, 0.29) is 5.82 Å². The van der Waals surface area contributed by atoms with Gasteiger partial charge in [0.2, 0.25) is 0 Å². The third kappa shape index (κ3) is 2.10. The van der Waals surface area contributed by atoms with Crippen LogP contribution in [-0.2, 0) is 0 Å². The van der Waals surface area contributed by atoms with Crippen molar-refractivity contribution in [1.29, 1.82) is 0 Å². The molecule has 4 heteroatoms. The molecule has 2 nitrogen and oxygen atoms in total. The lowest BCUT2D eigenvalue weighted by Gasteiger charge is -2.40. The van der Waals surface area contributed by atoms with Gasteiger partial charge in [-0.15, -0.1) is 0 Å². The van der Waals surface area contributed by atoms with Crippen molar-refractivity contribution in [3.8, 4) is 0 Å². The number of halogens is 2. The number of anilines is 1. The highest BCUT2D eigenvalue weighted by Gasteiger charge is 2.40. The van der Waals surface area contributed by atoms with E-state index < -0.39 is 0 Å². The van der Waals surface area contributed by atoms with Crippen molar-refractivity contribution in [3.63, 3.8) is 0 Å². The predicted octanol–water partition coefficient (Wildman–Crippen LogP) is 3.20. The molecule has 0 spiro atoms. The van der Waals surface area contributed by atoms with Gasteiger partial charge in [-0.25, -0.2) is 4.39 Å². The zero-order valence-electron chi connectivity index (χ0n) is 10.5. The molecular weight excluding hydrogens is 251 g/mol. The molecule has 2 bridgehead atoms. The smallest absolute Gasteiger partial charge is 0.126 e. The summed E-state index contributed by atoms with van der Waals surface area (Å²) in [7, 11) is 2.03. The first-order valence-corrected chi connectivity index (χ1v) is 6.97. The molecule has 1 aromatic rings. The molecule has 0 aromatic heterocycles. The number of benzene rings is 1. The second kappa shape index (κ2) is 4.71. The van der Waals surface area contributed by atoms with Gasteiger partial charge in [0.05, 0.1) is 0 Å². The first kappa shape index (κ1) is 12.2. The van der Waals surface area contributed by atoms with Crippen LogP contribution in [0.1, 0.15) is 25.7 Å². The second-order valence-corrected chi connectivity index (χ2v) is 5.81. The van der Waals surface area contributed by atoms with Crippen LogP contribution in [0.5, 0.6) is 0 Å². The molecule has 2 heterocycles. The van der Waals surface area contributed by atoms with Gasteiger partial charge in [-0.2, -0.15) is 0 Å². The molecule has 1 aromatic carbocycles. The minimum Gasteiger partial charge on any atom is -0.365 e. The van der Waals surface area contributed by atoms with Gasteiger partial charge in [-0.3, -0.25) is 0 Å². The van der Waals surface area contributed by atoms with Crippen LogP contribution in [-0.4, -0.2) is 25.2 Å². The maximum atomic E-state index is 13.5. The van der Waals surface area contributed by atoms with Gasteiger partial charge in [0.15, 0.2) is 0 Å². The van der Waals surface area contributed by atoms with E-state index in [9.17, 15) is 4.39 Å². The summed E-state index contributed by atoms with van der Waals surface area (Å²) >= 11 is 5.96. The molecular formula is C14H18ClFN2. The van der Waals surface area contributed by atoms with Gasteiger partial charge in [-0.05, 0) is 50.9 Å². The van der Waals surface area contributed by atoms with Crippen molar-refractivity contribution in [1.82, 2.24) is 5.32 Å². The Morgan fingerprint density at radius 3 is 2.44 bits per heavy atom. The van der Waals surface area contributed by atoms with Gasteiger partial charge in [0.1, 0.15) is 5.82 Å². The van der Waals surface area contributed by atoms with E-state index in [1.54, 1.807) is 6.07 Å². The minimum absolute atomic E-state index is 0.243. The first-order valence-electron chi connectivity index (χ1n) is 6.59. The van der Waals surface area contributed by atoms with E-state index in [4.69, 9.17) is 11.6 Å². The van der Waals surface area contributed by atoms with Crippen LogP contribution >= 0.6 is 11.6 Å². The third-order valence-corrected chi connectivity index (χ3v) is 4.51. The number of nitrogens with zero attached hydrogens (tertiary/aromatic N) is 1. The lowest BCUT2D eigenvalue weighted by atomic mass is 9.97. The summed E-state index contributed by atoms with van der Waals surface area (Å²) in [6, 6.07) is 6.51. The fourth-order valence-corrected chi connectivity index (χ4v) is 3.74. The summed E-state index contributed by atoms with van der Waals surface area (Å²) in [5, 5.41) is 3.86. The van der Waals surface area contributed by atoms with Crippen LogP contribution < -0.4 is 10.2 Å². The zero-order valence-corrected chi connectivity index (χ0v) is 11.3. The summed E-state index contributed by atoms with van der Waals surface area (Å²) in [5.41, 5.74) is 0.946. The van der Waals surface area contributed by atoms with E-state index in [0.29, 0.717) is 23.1 Å². The lowest BCUT2D eigenvalue weighted by molar-refractivity contribution is 0.373. The monoisotopic (exact) mass is 268 g/mol. The molecule has 3 rings (SSSR count). The molecule has 98 valence electrons. The maximum absolute atomic E-state index is 13.5. The molecule has 2 unspecified atom stereocenters. The Morgan fingerprint density at radius 2 is 1.89 bits per heavy atom. The number of rotatable bonds is 2. The van der Waals surface area contributed by atoms with Gasteiger partial charge in [-0.1, -0.05) is 11.6 Å². The number of piperidine rings is 1. The topological polar surface area (TPSA) is 15.3 Å². The van der Waals surface area contributed by atoms with Crippen LogP contribution in [0.15, 0.2) is 18.2 Å². The Labute approximate surface area is 112 Å². The first-order chi connectivity index (χ1) is 8.67. The van der Waals surface area contributed by atoms with Crippen LogP contribution in [0, 0.1) is 5.82 Å². The molecule has 2 aliphatic rings. The van der Waals surface area contributed by atoms with E-state index in [2.05, 4.69) is 10.2 Å². The molecule has 0 amide bonds. The average Bonchev–Trinajstić information content (AvgIpc) is 2.59. The molecule has 0 radical (unpaired) electrons. The highest BCUT2D eigenvalue weighted by molar-refractivity contribution is 6.30. The Morgan fingerprint density at radius 1 is 1.22 bits per heavy atom. The molecule has 2 fully saturated rings. The highest BCUT2D eigenvalue weighted by atomic mass is 35.5. The lowest BCUT2D eigenvalue weighted by Crippen LogP contribution is -2.48. The summed E-state index contributed by atoms with van der Waals surface area (Å²) in [4.78, 5) is 2.38. The molecule has 18 heavy (non-hydrogen) atoms. The molecule has 0 aliphatic carbocycles. The standard InChI is InChI=1S/C14H18ClFN2/c1-17-11-7-12-2-3-13(8-11)18(12)14-5-9(15)4-10(16)6-14/h4-6,11-13,17H,2-3,7-8H2,1H3. The molecule has 2 saturated heterocycles. The predicted molar refractivity (Wildman–Crippen MR) is 72.8 cm³/mol. The van der Waals surface area contributed by atoms with Crippen LogP contribution in [0.2, 0.25) is 5.02 Å². The van der Waals surface area contributed by atoms with Crippen molar-refractivity contribution in [2.75, 3.05) is 11.9 Å². The Balaban J connectivity index is 1.89. The van der Waals surface area contributed by atoms with Gasteiger partial charge >= 0.3 is 0 Å². The number of nitrogens with one attached hydrogen (secondary N) is 1. The molecule has 2 aliphatic heterocycles. The Kier molecular flexibility index (Phi) is 3.20. The number of hydrogen-bond donors (Lipinski definition) is 1. The largest absolute Gasteiger partial charge is 0.365 e. The number of fused-ring (bicyclic) bond motifs is 2. The van der Waals surface area contributed by atoms with Crippen molar-refractivity contribution >= 4 is 17.3 Å². The molecule has 2 atom stereocenters. The van der Waals surface area contributed by atoms with Crippen LogP contribution in [0.3, 0.4) is 0 Å². The quantitative estimate of drug-likeness (QED) is 0.886. The van der Waals surface area contributed by atoms with Crippen molar-refractivity contribution in [2.24, 2.45) is 0 Å². The van der Waals surface area contributed by atoms with Crippen molar-refractivity contribution in [3.05, 3.63) is 29.0 Å². The Bertz CT molecular complexity index is 417. The minimum atomic E-state index is -0.243. The SMILES string of the molecule is CNC1CC2CCC(C1)N2c1cc(F)cc(Cl)c1. The molecule has 1 N–H and O–H groups in total. The van der Waals surface area contributed by atoms with Crippen molar-refractivity contribution < 1.29 is 4.39 Å². The molecule has 0 saturated carbocycles. The van der Waals surface area contributed by atoms with Crippen LogP contribution in [0.25, 0.3) is 0 Å². The van der Waals surface area contributed by atoms with E-state index in [1.165, 1.54) is 18.9 Å². The van der Waals surface area contributed by atoms with Gasteiger partial charge in [0.25, 0.3) is 0 Å².